The van der Waals surface area contributed by atoms with Crippen molar-refractivity contribution in [3.63, 3.8) is 0 Å². The molecular weight excluding hydrogens is 248 g/mol. The van der Waals surface area contributed by atoms with Crippen molar-refractivity contribution in [3.05, 3.63) is 0 Å². The van der Waals surface area contributed by atoms with E-state index in [0.717, 1.165) is 38.3 Å². The van der Waals surface area contributed by atoms with Crippen LogP contribution in [-0.4, -0.2) is 47.8 Å². The van der Waals surface area contributed by atoms with E-state index < -0.39 is 5.60 Å². The first-order valence-electron chi connectivity index (χ1n) is 8.79. The smallest absolute Gasteiger partial charge is 0.0632 e. The molecule has 3 nitrogen and oxygen atoms in total. The fourth-order valence-corrected chi connectivity index (χ4v) is 3.97. The summed E-state index contributed by atoms with van der Waals surface area (Å²) in [4.78, 5) is 2.61. The first kappa shape index (κ1) is 16.3. The predicted octanol–water partition coefficient (Wildman–Crippen LogP) is 2.78. The van der Waals surface area contributed by atoms with E-state index in [1.54, 1.807) is 0 Å². The Bertz CT molecular complexity index is 280. The molecule has 0 radical (unpaired) electrons. The van der Waals surface area contributed by atoms with Gasteiger partial charge in [-0.05, 0) is 58.0 Å². The fourth-order valence-electron chi connectivity index (χ4n) is 3.97. The number of likely N-dealkylation sites (tertiary alicyclic amines) is 1. The van der Waals surface area contributed by atoms with Crippen LogP contribution < -0.4 is 5.32 Å². The lowest BCUT2D eigenvalue weighted by Crippen LogP contribution is -2.42. The lowest BCUT2D eigenvalue weighted by molar-refractivity contribution is 0.0438. The highest BCUT2D eigenvalue weighted by Gasteiger charge is 2.28. The Kier molecular flexibility index (Phi) is 6.31. The standard InChI is InChI=1S/C17H34N2O/c1-3-18-16-9-6-4-5-8-15(16)14-19-12-7-10-17(2,20)11-13-19/h15-16,18,20H,3-14H2,1-2H3. The van der Waals surface area contributed by atoms with Crippen molar-refractivity contribution in [2.45, 2.75) is 76.9 Å². The molecule has 2 rings (SSSR count). The molecule has 1 saturated heterocycles. The maximum absolute atomic E-state index is 10.2. The second kappa shape index (κ2) is 7.77. The molecule has 0 spiro atoms. The van der Waals surface area contributed by atoms with E-state index in [-0.39, 0.29) is 0 Å². The van der Waals surface area contributed by atoms with Crippen LogP contribution in [0, 0.1) is 5.92 Å². The van der Waals surface area contributed by atoms with Crippen LogP contribution in [0.1, 0.15) is 65.2 Å². The zero-order valence-corrected chi connectivity index (χ0v) is 13.5. The third-order valence-corrected chi connectivity index (χ3v) is 5.27. The molecule has 1 saturated carbocycles. The Morgan fingerprint density at radius 1 is 1.10 bits per heavy atom. The van der Waals surface area contributed by atoms with Crippen LogP contribution in [0.4, 0.5) is 0 Å². The first-order chi connectivity index (χ1) is 9.61. The van der Waals surface area contributed by atoms with Gasteiger partial charge in [0.1, 0.15) is 0 Å². The minimum absolute atomic E-state index is 0.431. The third-order valence-electron chi connectivity index (χ3n) is 5.27. The van der Waals surface area contributed by atoms with Crippen LogP contribution in [0.15, 0.2) is 0 Å². The minimum Gasteiger partial charge on any atom is -0.390 e. The molecule has 3 unspecified atom stereocenters. The van der Waals surface area contributed by atoms with Crippen molar-refractivity contribution in [1.29, 1.82) is 0 Å². The van der Waals surface area contributed by atoms with Crippen molar-refractivity contribution in [3.8, 4) is 0 Å². The lowest BCUT2D eigenvalue weighted by atomic mass is 9.93. The second-order valence-electron chi connectivity index (χ2n) is 7.21. The predicted molar refractivity (Wildman–Crippen MR) is 85.0 cm³/mol. The van der Waals surface area contributed by atoms with Crippen LogP contribution in [0.3, 0.4) is 0 Å². The summed E-state index contributed by atoms with van der Waals surface area (Å²) >= 11 is 0. The Morgan fingerprint density at radius 3 is 2.70 bits per heavy atom. The molecule has 1 aliphatic heterocycles. The summed E-state index contributed by atoms with van der Waals surface area (Å²) in [5.74, 6) is 0.806. The van der Waals surface area contributed by atoms with Gasteiger partial charge in [-0.3, -0.25) is 0 Å². The number of hydrogen-bond acceptors (Lipinski definition) is 3. The van der Waals surface area contributed by atoms with E-state index in [4.69, 9.17) is 0 Å². The van der Waals surface area contributed by atoms with Gasteiger partial charge in [-0.25, -0.2) is 0 Å². The molecule has 118 valence electrons. The van der Waals surface area contributed by atoms with Crippen LogP contribution in [-0.2, 0) is 0 Å². The van der Waals surface area contributed by atoms with E-state index in [2.05, 4.69) is 17.1 Å². The summed E-state index contributed by atoms with van der Waals surface area (Å²) in [5, 5.41) is 13.9. The van der Waals surface area contributed by atoms with Gasteiger partial charge >= 0.3 is 0 Å². The Hall–Kier alpha value is -0.120. The van der Waals surface area contributed by atoms with E-state index in [1.807, 2.05) is 6.92 Å². The van der Waals surface area contributed by atoms with Crippen LogP contribution in [0.25, 0.3) is 0 Å². The van der Waals surface area contributed by atoms with E-state index in [9.17, 15) is 5.11 Å². The highest BCUT2D eigenvalue weighted by molar-refractivity contribution is 4.84. The van der Waals surface area contributed by atoms with Gasteiger partial charge in [0.05, 0.1) is 5.60 Å². The van der Waals surface area contributed by atoms with Gasteiger partial charge in [0.2, 0.25) is 0 Å². The van der Waals surface area contributed by atoms with Gasteiger partial charge in [-0.15, -0.1) is 0 Å². The summed E-state index contributed by atoms with van der Waals surface area (Å²) in [6.45, 7) is 8.80. The number of hydrogen-bond donors (Lipinski definition) is 2. The molecule has 0 bridgehead atoms. The largest absolute Gasteiger partial charge is 0.390 e. The van der Waals surface area contributed by atoms with Gasteiger partial charge in [-0.1, -0.05) is 26.2 Å². The molecule has 3 heteroatoms. The molecule has 2 aliphatic rings. The summed E-state index contributed by atoms with van der Waals surface area (Å²) in [6.07, 6.45) is 9.98. The number of aliphatic hydroxyl groups is 1. The van der Waals surface area contributed by atoms with Crippen molar-refractivity contribution < 1.29 is 5.11 Å². The molecule has 1 heterocycles. The average molecular weight is 282 g/mol. The third kappa shape index (κ3) is 5.01. The molecule has 1 aliphatic carbocycles. The van der Waals surface area contributed by atoms with Crippen molar-refractivity contribution in [2.75, 3.05) is 26.2 Å². The monoisotopic (exact) mass is 282 g/mol. The zero-order valence-electron chi connectivity index (χ0n) is 13.5. The van der Waals surface area contributed by atoms with Gasteiger partial charge in [0, 0.05) is 19.1 Å². The quantitative estimate of drug-likeness (QED) is 0.778. The summed E-state index contributed by atoms with van der Waals surface area (Å²) in [6, 6.07) is 0.714. The van der Waals surface area contributed by atoms with E-state index in [0.29, 0.717) is 6.04 Å². The molecule has 3 atom stereocenters. The minimum atomic E-state index is -0.431. The van der Waals surface area contributed by atoms with Crippen molar-refractivity contribution >= 4 is 0 Å². The maximum atomic E-state index is 10.2. The average Bonchev–Trinajstić information content (AvgIpc) is 2.71. The van der Waals surface area contributed by atoms with Crippen LogP contribution in [0.2, 0.25) is 0 Å². The Labute approximate surface area is 125 Å². The topological polar surface area (TPSA) is 35.5 Å². The summed E-state index contributed by atoms with van der Waals surface area (Å²) in [7, 11) is 0. The molecule has 0 aromatic rings. The van der Waals surface area contributed by atoms with Gasteiger partial charge < -0.3 is 15.3 Å². The lowest BCUT2D eigenvalue weighted by Gasteiger charge is -2.31. The van der Waals surface area contributed by atoms with E-state index in [1.165, 1.54) is 45.2 Å². The molecule has 0 aromatic heterocycles. The SMILES string of the molecule is CCNC1CCCCCC1CN1CCCC(C)(O)CC1. The number of nitrogens with one attached hydrogen (secondary N) is 1. The van der Waals surface area contributed by atoms with Crippen LogP contribution in [0.5, 0.6) is 0 Å². The number of rotatable bonds is 4. The summed E-state index contributed by atoms with van der Waals surface area (Å²) < 4.78 is 0. The highest BCUT2D eigenvalue weighted by Crippen LogP contribution is 2.27. The summed E-state index contributed by atoms with van der Waals surface area (Å²) in [5.41, 5.74) is -0.431. The van der Waals surface area contributed by atoms with Gasteiger partial charge in [0.25, 0.3) is 0 Å². The second-order valence-corrected chi connectivity index (χ2v) is 7.21. The fraction of sp³-hybridized carbons (Fsp3) is 1.00. The molecule has 0 aromatic carbocycles. The zero-order chi connectivity index (χ0) is 14.4. The molecule has 20 heavy (non-hydrogen) atoms. The van der Waals surface area contributed by atoms with Crippen LogP contribution >= 0.6 is 0 Å². The van der Waals surface area contributed by atoms with E-state index >= 15 is 0 Å². The Balaban J connectivity index is 1.88. The molecule has 0 amide bonds. The van der Waals surface area contributed by atoms with Crippen molar-refractivity contribution in [2.24, 2.45) is 5.92 Å². The van der Waals surface area contributed by atoms with Gasteiger partial charge in [0.15, 0.2) is 0 Å². The maximum Gasteiger partial charge on any atom is 0.0632 e. The number of nitrogens with zero attached hydrogens (tertiary/aromatic N) is 1. The van der Waals surface area contributed by atoms with Gasteiger partial charge in [-0.2, -0.15) is 0 Å². The molecular formula is C17H34N2O. The molecule has 2 fully saturated rings. The Morgan fingerprint density at radius 2 is 1.90 bits per heavy atom. The first-order valence-corrected chi connectivity index (χ1v) is 8.79. The molecule has 2 N–H and O–H groups in total. The van der Waals surface area contributed by atoms with Crippen molar-refractivity contribution in [1.82, 2.24) is 10.2 Å². The normalized spacial score (nSPS) is 37.4. The highest BCUT2D eigenvalue weighted by atomic mass is 16.3.